The van der Waals surface area contributed by atoms with Crippen LogP contribution in [0.2, 0.25) is 0 Å². The van der Waals surface area contributed by atoms with Crippen molar-refractivity contribution in [2.24, 2.45) is 10.9 Å². The second-order valence-electron chi connectivity index (χ2n) is 3.64. The van der Waals surface area contributed by atoms with Gasteiger partial charge in [-0.2, -0.15) is 0 Å². The predicted octanol–water partition coefficient (Wildman–Crippen LogP) is 0.759. The highest BCUT2D eigenvalue weighted by atomic mass is 16.1. The lowest BCUT2D eigenvalue weighted by molar-refractivity contribution is 0.253. The number of carbonyl (C=O) groups excluding carboxylic acids is 2. The largest absolute Gasteiger partial charge is 0.366 e. The third-order valence-corrected chi connectivity index (χ3v) is 2.62. The SMILES string of the molecule is [B]C(=O)NCC1CCC(N=C=O)CC1. The highest BCUT2D eigenvalue weighted by molar-refractivity contribution is 6.57. The summed E-state index contributed by atoms with van der Waals surface area (Å²) in [6.07, 6.45) is 5.36. The Bertz CT molecular complexity index is 243. The third kappa shape index (κ3) is 3.75. The summed E-state index contributed by atoms with van der Waals surface area (Å²) in [5.41, 5.74) is 0. The van der Waals surface area contributed by atoms with Gasteiger partial charge < -0.3 is 5.32 Å². The Hall–Kier alpha value is -1.09. The van der Waals surface area contributed by atoms with Gasteiger partial charge in [0.1, 0.15) is 0 Å². The lowest BCUT2D eigenvalue weighted by Gasteiger charge is -2.25. The molecule has 0 aromatic heterocycles. The molecule has 2 radical (unpaired) electrons. The lowest BCUT2D eigenvalue weighted by Crippen LogP contribution is -2.31. The number of aliphatic imine (C=N–C) groups is 1. The van der Waals surface area contributed by atoms with Crippen molar-refractivity contribution in [1.82, 2.24) is 5.32 Å². The maximum atomic E-state index is 10.5. The Balaban J connectivity index is 2.21. The van der Waals surface area contributed by atoms with E-state index in [1.807, 2.05) is 0 Å². The molecule has 1 aliphatic rings. The molecule has 74 valence electrons. The van der Waals surface area contributed by atoms with Crippen LogP contribution in [0.15, 0.2) is 4.99 Å². The van der Waals surface area contributed by atoms with E-state index < -0.39 is 5.81 Å². The van der Waals surface area contributed by atoms with E-state index in [2.05, 4.69) is 10.3 Å². The molecule has 1 aliphatic carbocycles. The summed E-state index contributed by atoms with van der Waals surface area (Å²) >= 11 is 0. The minimum absolute atomic E-state index is 0.136. The van der Waals surface area contributed by atoms with Gasteiger partial charge in [0.05, 0.1) is 6.04 Å². The van der Waals surface area contributed by atoms with Crippen molar-refractivity contribution in [1.29, 1.82) is 0 Å². The van der Waals surface area contributed by atoms with E-state index in [0.717, 1.165) is 25.7 Å². The van der Waals surface area contributed by atoms with Gasteiger partial charge >= 0.3 is 0 Å². The Morgan fingerprint density at radius 2 is 2.07 bits per heavy atom. The molecule has 0 heterocycles. The molecule has 0 aromatic carbocycles. The third-order valence-electron chi connectivity index (χ3n) is 2.62. The zero-order valence-electron chi connectivity index (χ0n) is 8.03. The van der Waals surface area contributed by atoms with Crippen LogP contribution in [0, 0.1) is 5.92 Å². The first-order chi connectivity index (χ1) is 6.72. The van der Waals surface area contributed by atoms with Crippen LogP contribution in [0.4, 0.5) is 4.79 Å². The standard InChI is InChI=1S/C9H13BN2O2/c10-9(14)11-5-7-1-3-8(4-2-7)12-6-13/h7-8H,1-5H2,(H,11,14). The van der Waals surface area contributed by atoms with E-state index >= 15 is 0 Å². The van der Waals surface area contributed by atoms with Crippen LogP contribution in [-0.4, -0.2) is 32.3 Å². The van der Waals surface area contributed by atoms with Crippen LogP contribution in [0.3, 0.4) is 0 Å². The van der Waals surface area contributed by atoms with Crippen LogP contribution in [-0.2, 0) is 4.79 Å². The normalized spacial score (nSPS) is 26.3. The Kier molecular flexibility index (Phi) is 4.40. The van der Waals surface area contributed by atoms with Crippen LogP contribution >= 0.6 is 0 Å². The number of carbonyl (C=O) groups is 1. The number of nitrogens with zero attached hydrogens (tertiary/aromatic N) is 1. The maximum Gasteiger partial charge on any atom is 0.235 e. The van der Waals surface area contributed by atoms with E-state index in [-0.39, 0.29) is 6.04 Å². The fourth-order valence-electron chi connectivity index (χ4n) is 1.80. The van der Waals surface area contributed by atoms with Crippen LogP contribution in [0.25, 0.3) is 0 Å². The highest BCUT2D eigenvalue weighted by Gasteiger charge is 2.20. The van der Waals surface area contributed by atoms with Gasteiger partial charge in [-0.15, -0.1) is 0 Å². The number of isocyanates is 1. The van der Waals surface area contributed by atoms with Crippen LogP contribution in [0.1, 0.15) is 25.7 Å². The van der Waals surface area contributed by atoms with Crippen molar-refractivity contribution in [3.8, 4) is 0 Å². The van der Waals surface area contributed by atoms with Gasteiger partial charge in [-0.3, -0.25) is 4.79 Å². The van der Waals surface area contributed by atoms with Gasteiger partial charge in [0.25, 0.3) is 0 Å². The summed E-state index contributed by atoms with van der Waals surface area (Å²) in [5, 5.41) is 2.59. The molecule has 1 amide bonds. The molecule has 0 unspecified atom stereocenters. The molecular weight excluding hydrogens is 179 g/mol. The van der Waals surface area contributed by atoms with E-state index in [4.69, 9.17) is 7.85 Å². The zero-order chi connectivity index (χ0) is 10.4. The molecule has 0 aliphatic heterocycles. The number of hydrogen-bond donors (Lipinski definition) is 1. The summed E-state index contributed by atoms with van der Waals surface area (Å²) in [6, 6.07) is 0.136. The van der Waals surface area contributed by atoms with E-state index in [9.17, 15) is 9.59 Å². The predicted molar refractivity (Wildman–Crippen MR) is 53.0 cm³/mol. The first-order valence-electron chi connectivity index (χ1n) is 4.82. The van der Waals surface area contributed by atoms with Crippen molar-refractivity contribution >= 4 is 19.7 Å². The fourth-order valence-corrected chi connectivity index (χ4v) is 1.80. The van der Waals surface area contributed by atoms with E-state index in [1.165, 1.54) is 0 Å². The average molecular weight is 192 g/mol. The fraction of sp³-hybridized carbons (Fsp3) is 0.778. The highest BCUT2D eigenvalue weighted by Crippen LogP contribution is 2.25. The molecule has 0 spiro atoms. The van der Waals surface area contributed by atoms with E-state index in [0.29, 0.717) is 12.5 Å². The topological polar surface area (TPSA) is 58.5 Å². The van der Waals surface area contributed by atoms with Crippen molar-refractivity contribution in [3.05, 3.63) is 0 Å². The van der Waals surface area contributed by atoms with Crippen molar-refractivity contribution in [2.45, 2.75) is 31.7 Å². The molecule has 0 atom stereocenters. The summed E-state index contributed by atoms with van der Waals surface area (Å²) in [6.45, 7) is 0.632. The molecule has 0 bridgehead atoms. The molecule has 4 nitrogen and oxygen atoms in total. The smallest absolute Gasteiger partial charge is 0.235 e. The molecule has 1 N–H and O–H groups in total. The molecular formula is C9H13BN2O2. The van der Waals surface area contributed by atoms with Crippen LogP contribution < -0.4 is 5.32 Å². The number of hydrogen-bond acceptors (Lipinski definition) is 3. The lowest BCUT2D eigenvalue weighted by atomic mass is 9.86. The van der Waals surface area contributed by atoms with Gasteiger partial charge in [0.15, 0.2) is 13.7 Å². The Labute approximate surface area is 84.6 Å². The first-order valence-corrected chi connectivity index (χ1v) is 4.82. The second-order valence-corrected chi connectivity index (χ2v) is 3.64. The van der Waals surface area contributed by atoms with Gasteiger partial charge in [-0.25, -0.2) is 9.79 Å². The molecule has 1 fully saturated rings. The molecule has 1 rings (SSSR count). The minimum atomic E-state index is -0.474. The van der Waals surface area contributed by atoms with Gasteiger partial charge in [0.2, 0.25) is 6.08 Å². The molecule has 1 saturated carbocycles. The quantitative estimate of drug-likeness (QED) is 0.407. The average Bonchev–Trinajstić information content (AvgIpc) is 2.17. The minimum Gasteiger partial charge on any atom is -0.366 e. The summed E-state index contributed by atoms with van der Waals surface area (Å²) < 4.78 is 0. The number of rotatable bonds is 3. The Morgan fingerprint density at radius 3 is 2.57 bits per heavy atom. The van der Waals surface area contributed by atoms with Gasteiger partial charge in [-0.05, 0) is 31.6 Å². The van der Waals surface area contributed by atoms with Gasteiger partial charge in [0, 0.05) is 6.54 Å². The van der Waals surface area contributed by atoms with Crippen LogP contribution in [0.5, 0.6) is 0 Å². The molecule has 5 heteroatoms. The monoisotopic (exact) mass is 192 g/mol. The van der Waals surface area contributed by atoms with Gasteiger partial charge in [-0.1, -0.05) is 0 Å². The second kappa shape index (κ2) is 5.60. The number of amides is 1. The maximum absolute atomic E-state index is 10.5. The summed E-state index contributed by atoms with van der Waals surface area (Å²) in [4.78, 5) is 24.2. The zero-order valence-corrected chi connectivity index (χ0v) is 8.03. The molecule has 0 saturated heterocycles. The van der Waals surface area contributed by atoms with E-state index in [1.54, 1.807) is 6.08 Å². The summed E-state index contributed by atoms with van der Waals surface area (Å²) in [7, 11) is 4.96. The van der Waals surface area contributed by atoms with Crippen molar-refractivity contribution < 1.29 is 9.59 Å². The first kappa shape index (κ1) is 11.0. The summed E-state index contributed by atoms with van der Waals surface area (Å²) in [5.74, 6) is -0.00126. The number of nitrogens with one attached hydrogen (secondary N) is 1. The van der Waals surface area contributed by atoms with Crippen molar-refractivity contribution in [2.75, 3.05) is 6.54 Å². The molecule has 0 aromatic rings. The molecule has 14 heavy (non-hydrogen) atoms. The van der Waals surface area contributed by atoms with Crippen molar-refractivity contribution in [3.63, 3.8) is 0 Å². The Morgan fingerprint density at radius 1 is 1.43 bits per heavy atom.